The summed E-state index contributed by atoms with van der Waals surface area (Å²) in [5, 5.41) is 0. The number of nitrogens with zero attached hydrogens (tertiary/aromatic N) is 2. The highest BCUT2D eigenvalue weighted by molar-refractivity contribution is 5.61. The Bertz CT molecular complexity index is 573. The molecule has 2 N–H and O–H groups in total. The SMILES string of the molecule is CCCCN(c1ccccc1)c1nc(N)c(F)cc1F. The number of aromatic nitrogens is 1. The molecule has 1 heterocycles. The molecule has 0 aliphatic carbocycles. The van der Waals surface area contributed by atoms with E-state index in [1.54, 1.807) is 4.90 Å². The Morgan fingerprint density at radius 2 is 1.85 bits per heavy atom. The molecule has 106 valence electrons. The lowest BCUT2D eigenvalue weighted by atomic mass is 10.2. The van der Waals surface area contributed by atoms with Gasteiger partial charge in [-0.05, 0) is 18.6 Å². The largest absolute Gasteiger partial charge is 0.381 e. The molecule has 3 nitrogen and oxygen atoms in total. The molecule has 0 saturated heterocycles. The van der Waals surface area contributed by atoms with E-state index < -0.39 is 11.6 Å². The molecule has 0 bridgehead atoms. The van der Waals surface area contributed by atoms with Gasteiger partial charge in [0.25, 0.3) is 0 Å². The molecule has 0 unspecified atom stereocenters. The van der Waals surface area contributed by atoms with Gasteiger partial charge < -0.3 is 10.6 Å². The van der Waals surface area contributed by atoms with Gasteiger partial charge in [-0.1, -0.05) is 31.5 Å². The summed E-state index contributed by atoms with van der Waals surface area (Å²) in [7, 11) is 0. The number of rotatable bonds is 5. The number of nitrogen functional groups attached to an aromatic ring is 1. The van der Waals surface area contributed by atoms with E-state index in [1.807, 2.05) is 37.3 Å². The van der Waals surface area contributed by atoms with Crippen molar-refractivity contribution in [1.29, 1.82) is 0 Å². The van der Waals surface area contributed by atoms with Crippen molar-refractivity contribution in [3.05, 3.63) is 48.0 Å². The second-order valence-corrected chi connectivity index (χ2v) is 4.50. The average Bonchev–Trinajstić information content (AvgIpc) is 2.45. The van der Waals surface area contributed by atoms with Crippen LogP contribution in [0.25, 0.3) is 0 Å². The van der Waals surface area contributed by atoms with Crippen molar-refractivity contribution in [3.63, 3.8) is 0 Å². The summed E-state index contributed by atoms with van der Waals surface area (Å²) in [5.74, 6) is -1.78. The lowest BCUT2D eigenvalue weighted by Crippen LogP contribution is -2.21. The molecule has 1 aromatic heterocycles. The summed E-state index contributed by atoms with van der Waals surface area (Å²) in [4.78, 5) is 5.57. The molecule has 0 fully saturated rings. The highest BCUT2D eigenvalue weighted by atomic mass is 19.1. The van der Waals surface area contributed by atoms with Gasteiger partial charge in [0.1, 0.15) is 0 Å². The molecule has 0 aliphatic rings. The zero-order valence-electron chi connectivity index (χ0n) is 11.3. The molecule has 20 heavy (non-hydrogen) atoms. The van der Waals surface area contributed by atoms with Crippen molar-refractivity contribution in [1.82, 2.24) is 4.98 Å². The Balaban J connectivity index is 2.44. The van der Waals surface area contributed by atoms with Crippen LogP contribution in [-0.4, -0.2) is 11.5 Å². The minimum Gasteiger partial charge on any atom is -0.381 e. The smallest absolute Gasteiger partial charge is 0.171 e. The maximum absolute atomic E-state index is 14.0. The van der Waals surface area contributed by atoms with Crippen LogP contribution in [-0.2, 0) is 0 Å². The van der Waals surface area contributed by atoms with Gasteiger partial charge in [-0.25, -0.2) is 13.8 Å². The van der Waals surface area contributed by atoms with Crippen LogP contribution in [0.4, 0.5) is 26.1 Å². The Kier molecular flexibility index (Phi) is 4.50. The van der Waals surface area contributed by atoms with E-state index in [2.05, 4.69) is 4.98 Å². The zero-order valence-corrected chi connectivity index (χ0v) is 11.3. The van der Waals surface area contributed by atoms with E-state index in [9.17, 15) is 8.78 Å². The highest BCUT2D eigenvalue weighted by Gasteiger charge is 2.17. The molecule has 0 atom stereocenters. The van der Waals surface area contributed by atoms with E-state index in [4.69, 9.17) is 5.73 Å². The third-order valence-corrected chi connectivity index (χ3v) is 3.00. The van der Waals surface area contributed by atoms with Crippen LogP contribution in [0.15, 0.2) is 36.4 Å². The molecular weight excluding hydrogens is 260 g/mol. The maximum Gasteiger partial charge on any atom is 0.171 e. The van der Waals surface area contributed by atoms with Crippen molar-refractivity contribution in [3.8, 4) is 0 Å². The second kappa shape index (κ2) is 6.32. The van der Waals surface area contributed by atoms with Gasteiger partial charge in [-0.15, -0.1) is 0 Å². The van der Waals surface area contributed by atoms with Crippen LogP contribution in [0.2, 0.25) is 0 Å². The van der Waals surface area contributed by atoms with E-state index in [0.717, 1.165) is 24.6 Å². The highest BCUT2D eigenvalue weighted by Crippen LogP contribution is 2.28. The molecule has 2 rings (SSSR count). The van der Waals surface area contributed by atoms with Gasteiger partial charge >= 0.3 is 0 Å². The van der Waals surface area contributed by atoms with Crippen LogP contribution in [0.1, 0.15) is 19.8 Å². The van der Waals surface area contributed by atoms with Crippen molar-refractivity contribution in [2.45, 2.75) is 19.8 Å². The minimum atomic E-state index is -0.838. The van der Waals surface area contributed by atoms with Gasteiger partial charge in [0.05, 0.1) is 0 Å². The van der Waals surface area contributed by atoms with Gasteiger partial charge in [0.2, 0.25) is 0 Å². The fraction of sp³-hybridized carbons (Fsp3) is 0.267. The number of para-hydroxylation sites is 1. The molecule has 0 amide bonds. The molecule has 0 spiro atoms. The van der Waals surface area contributed by atoms with E-state index in [1.165, 1.54) is 0 Å². The summed E-state index contributed by atoms with van der Waals surface area (Å²) in [6.07, 6.45) is 1.83. The fourth-order valence-electron chi connectivity index (χ4n) is 1.94. The normalized spacial score (nSPS) is 10.6. The van der Waals surface area contributed by atoms with Gasteiger partial charge in [-0.2, -0.15) is 0 Å². The number of hydrogen-bond donors (Lipinski definition) is 1. The van der Waals surface area contributed by atoms with Crippen LogP contribution < -0.4 is 10.6 Å². The number of halogens is 2. The quantitative estimate of drug-likeness (QED) is 0.901. The summed E-state index contributed by atoms with van der Waals surface area (Å²) in [6.45, 7) is 2.64. The van der Waals surface area contributed by atoms with Gasteiger partial charge in [0, 0.05) is 18.3 Å². The lowest BCUT2D eigenvalue weighted by Gasteiger charge is -2.24. The molecule has 0 saturated carbocycles. The summed E-state index contributed by atoms with van der Waals surface area (Å²) >= 11 is 0. The third kappa shape index (κ3) is 3.04. The van der Waals surface area contributed by atoms with E-state index in [0.29, 0.717) is 6.54 Å². The number of anilines is 3. The first-order chi connectivity index (χ1) is 9.63. The van der Waals surface area contributed by atoms with Crippen molar-refractivity contribution < 1.29 is 8.78 Å². The summed E-state index contributed by atoms with van der Waals surface area (Å²) in [5.41, 5.74) is 6.26. The summed E-state index contributed by atoms with van der Waals surface area (Å²) in [6, 6.07) is 10.1. The number of nitrogens with two attached hydrogens (primary N) is 1. The standard InChI is InChI=1S/C15H17F2N3/c1-2-3-9-20(11-7-5-4-6-8-11)15-13(17)10-12(16)14(18)19-15/h4-8,10H,2-3,9H2,1H3,(H2,18,19). The van der Waals surface area contributed by atoms with E-state index in [-0.39, 0.29) is 11.6 Å². The van der Waals surface area contributed by atoms with E-state index >= 15 is 0 Å². The van der Waals surface area contributed by atoms with Crippen LogP contribution in [0, 0.1) is 11.6 Å². The zero-order chi connectivity index (χ0) is 14.5. The molecular formula is C15H17F2N3. The van der Waals surface area contributed by atoms with Crippen LogP contribution in [0.5, 0.6) is 0 Å². The number of pyridine rings is 1. The molecule has 0 aliphatic heterocycles. The summed E-state index contributed by atoms with van der Waals surface area (Å²) < 4.78 is 27.2. The van der Waals surface area contributed by atoms with Crippen LogP contribution in [0.3, 0.4) is 0 Å². The lowest BCUT2D eigenvalue weighted by molar-refractivity contribution is 0.574. The predicted molar refractivity (Wildman–Crippen MR) is 76.9 cm³/mol. The first-order valence-corrected chi connectivity index (χ1v) is 6.57. The number of benzene rings is 1. The monoisotopic (exact) mass is 277 g/mol. The molecule has 2 aromatic rings. The van der Waals surface area contributed by atoms with Crippen LogP contribution >= 0.6 is 0 Å². The fourth-order valence-corrected chi connectivity index (χ4v) is 1.94. The average molecular weight is 277 g/mol. The topological polar surface area (TPSA) is 42.2 Å². The number of hydrogen-bond acceptors (Lipinski definition) is 3. The Morgan fingerprint density at radius 3 is 2.50 bits per heavy atom. The molecule has 0 radical (unpaired) electrons. The minimum absolute atomic E-state index is 0.0588. The van der Waals surface area contributed by atoms with Gasteiger partial charge in [-0.3, -0.25) is 0 Å². The first kappa shape index (κ1) is 14.2. The second-order valence-electron chi connectivity index (χ2n) is 4.50. The Labute approximate surface area is 117 Å². The Morgan fingerprint density at radius 1 is 1.15 bits per heavy atom. The first-order valence-electron chi connectivity index (χ1n) is 6.57. The third-order valence-electron chi connectivity index (χ3n) is 3.00. The number of unbranched alkanes of at least 4 members (excludes halogenated alkanes) is 1. The Hall–Kier alpha value is -2.17. The predicted octanol–water partition coefficient (Wildman–Crippen LogP) is 3.88. The molecule has 5 heteroatoms. The van der Waals surface area contributed by atoms with Crippen molar-refractivity contribution in [2.24, 2.45) is 0 Å². The maximum atomic E-state index is 14.0. The molecule has 1 aromatic carbocycles. The van der Waals surface area contributed by atoms with Gasteiger partial charge in [0.15, 0.2) is 23.3 Å². The van der Waals surface area contributed by atoms with Crippen molar-refractivity contribution >= 4 is 17.3 Å². The van der Waals surface area contributed by atoms with Crippen molar-refractivity contribution in [2.75, 3.05) is 17.2 Å².